The van der Waals surface area contributed by atoms with Gasteiger partial charge < -0.3 is 14.6 Å². The highest BCUT2D eigenvalue weighted by Gasteiger charge is 2.29. The van der Waals surface area contributed by atoms with Crippen molar-refractivity contribution in [3.63, 3.8) is 0 Å². The molecule has 1 N–H and O–H groups in total. The van der Waals surface area contributed by atoms with Crippen LogP contribution in [0, 0.1) is 6.92 Å². The average molecular weight is 351 g/mol. The predicted molar refractivity (Wildman–Crippen MR) is 97.4 cm³/mol. The fourth-order valence-electron chi connectivity index (χ4n) is 3.13. The largest absolute Gasteiger partial charge is 0.497 e. The summed E-state index contributed by atoms with van der Waals surface area (Å²) in [6.07, 6.45) is 2.21. The van der Waals surface area contributed by atoms with Crippen LogP contribution in [-0.4, -0.2) is 23.2 Å². The van der Waals surface area contributed by atoms with Gasteiger partial charge in [-0.25, -0.2) is 4.98 Å². The van der Waals surface area contributed by atoms with Gasteiger partial charge in [-0.15, -0.1) is 0 Å². The van der Waals surface area contributed by atoms with Crippen molar-refractivity contribution in [2.24, 2.45) is 0 Å². The van der Waals surface area contributed by atoms with Gasteiger partial charge in [0.2, 0.25) is 0 Å². The third-order valence-corrected chi connectivity index (χ3v) is 4.84. The van der Waals surface area contributed by atoms with Crippen LogP contribution in [-0.2, 0) is 0 Å². The maximum Gasteiger partial charge on any atom is 0.259 e. The lowest BCUT2D eigenvalue weighted by Crippen LogP contribution is -2.27. The first-order chi connectivity index (χ1) is 12.6. The molecule has 0 spiro atoms. The second kappa shape index (κ2) is 6.44. The molecule has 1 aromatic carbocycles. The van der Waals surface area contributed by atoms with Gasteiger partial charge in [-0.2, -0.15) is 0 Å². The van der Waals surface area contributed by atoms with Gasteiger partial charge in [0.15, 0.2) is 0 Å². The highest BCUT2D eigenvalue weighted by Crippen LogP contribution is 2.40. The maximum atomic E-state index is 13.0. The molecule has 1 saturated carbocycles. The second-order valence-corrected chi connectivity index (χ2v) is 6.79. The van der Waals surface area contributed by atoms with E-state index in [0.29, 0.717) is 28.3 Å². The minimum absolute atomic E-state index is 0.138. The lowest BCUT2D eigenvalue weighted by Gasteiger charge is -2.15. The Morgan fingerprint density at radius 1 is 1.31 bits per heavy atom. The lowest BCUT2D eigenvalue weighted by atomic mass is 10.0. The molecule has 3 aromatic rings. The number of amides is 1. The predicted octanol–water partition coefficient (Wildman–Crippen LogP) is 3.91. The highest BCUT2D eigenvalue weighted by atomic mass is 16.5. The molecule has 1 aliphatic carbocycles. The van der Waals surface area contributed by atoms with Gasteiger partial charge in [-0.05, 0) is 50.5 Å². The van der Waals surface area contributed by atoms with E-state index in [0.717, 1.165) is 29.8 Å². The number of fused-ring (bicyclic) bond motifs is 1. The number of rotatable bonds is 5. The molecular weight excluding hydrogens is 330 g/mol. The molecule has 4 rings (SSSR count). The zero-order valence-electron chi connectivity index (χ0n) is 15.1. The molecule has 0 radical (unpaired) electrons. The monoisotopic (exact) mass is 351 g/mol. The Balaban J connectivity index is 1.63. The molecule has 1 amide bonds. The number of benzene rings is 1. The van der Waals surface area contributed by atoms with E-state index in [-0.39, 0.29) is 11.9 Å². The summed E-state index contributed by atoms with van der Waals surface area (Å²) in [4.78, 5) is 17.5. The Hall–Kier alpha value is -2.89. The summed E-state index contributed by atoms with van der Waals surface area (Å²) in [5.74, 6) is 1.07. The topological polar surface area (TPSA) is 77.2 Å². The van der Waals surface area contributed by atoms with Crippen molar-refractivity contribution < 1.29 is 14.1 Å². The van der Waals surface area contributed by atoms with E-state index in [2.05, 4.69) is 15.5 Å². The number of aryl methyl sites for hydroxylation is 1. The molecule has 0 saturated heterocycles. The number of aromatic nitrogens is 2. The molecule has 0 unspecified atom stereocenters. The number of nitrogens with one attached hydrogen (secondary N) is 1. The number of carbonyl (C=O) groups excluding carboxylic acids is 1. The molecule has 1 fully saturated rings. The van der Waals surface area contributed by atoms with Crippen molar-refractivity contribution >= 4 is 17.0 Å². The Morgan fingerprint density at radius 2 is 2.04 bits per heavy atom. The molecule has 2 heterocycles. The van der Waals surface area contributed by atoms with Gasteiger partial charge in [-0.1, -0.05) is 17.3 Å². The summed E-state index contributed by atoms with van der Waals surface area (Å²) in [5.41, 5.74) is 3.62. The van der Waals surface area contributed by atoms with Crippen LogP contribution < -0.4 is 10.1 Å². The number of pyridine rings is 1. The third-order valence-electron chi connectivity index (χ3n) is 4.84. The number of hydrogen-bond donors (Lipinski definition) is 1. The van der Waals surface area contributed by atoms with Crippen molar-refractivity contribution in [2.75, 3.05) is 7.11 Å². The van der Waals surface area contributed by atoms with Crippen LogP contribution in [0.15, 0.2) is 34.9 Å². The summed E-state index contributed by atoms with van der Waals surface area (Å²) in [6.45, 7) is 3.79. The number of carbonyl (C=O) groups is 1. The first-order valence-electron chi connectivity index (χ1n) is 8.78. The number of nitrogens with zero attached hydrogens (tertiary/aromatic N) is 2. The van der Waals surface area contributed by atoms with E-state index in [1.54, 1.807) is 7.11 Å². The normalized spacial score (nSPS) is 15.0. The van der Waals surface area contributed by atoms with E-state index in [1.807, 2.05) is 44.2 Å². The molecule has 26 heavy (non-hydrogen) atoms. The number of hydrogen-bond acceptors (Lipinski definition) is 5. The lowest BCUT2D eigenvalue weighted by molar-refractivity contribution is 0.0941. The van der Waals surface area contributed by atoms with Gasteiger partial charge in [0.05, 0.1) is 29.8 Å². The zero-order chi connectivity index (χ0) is 18.3. The van der Waals surface area contributed by atoms with E-state index in [9.17, 15) is 4.79 Å². The van der Waals surface area contributed by atoms with Crippen LogP contribution in [0.1, 0.15) is 59.0 Å². The Bertz CT molecular complexity index is 958. The van der Waals surface area contributed by atoms with Crippen molar-refractivity contribution in [3.05, 3.63) is 52.8 Å². The molecule has 6 heteroatoms. The van der Waals surface area contributed by atoms with Crippen LogP contribution in [0.4, 0.5) is 0 Å². The quantitative estimate of drug-likeness (QED) is 0.754. The summed E-state index contributed by atoms with van der Waals surface area (Å²) in [7, 11) is 1.63. The van der Waals surface area contributed by atoms with Gasteiger partial charge in [0.25, 0.3) is 11.6 Å². The fraction of sp³-hybridized carbons (Fsp3) is 0.350. The minimum Gasteiger partial charge on any atom is -0.497 e. The first-order valence-corrected chi connectivity index (χ1v) is 8.78. The van der Waals surface area contributed by atoms with Crippen LogP contribution >= 0.6 is 0 Å². The maximum absolute atomic E-state index is 13.0. The SMILES string of the molecule is COc1ccc([C@@H](C)NC(=O)c2cc(C3CC3)nc3onc(C)c23)cc1. The van der Waals surface area contributed by atoms with E-state index in [4.69, 9.17) is 9.26 Å². The van der Waals surface area contributed by atoms with E-state index in [1.165, 1.54) is 0 Å². The summed E-state index contributed by atoms with van der Waals surface area (Å²) < 4.78 is 10.5. The second-order valence-electron chi connectivity index (χ2n) is 6.79. The van der Waals surface area contributed by atoms with Crippen LogP contribution in [0.25, 0.3) is 11.1 Å². The van der Waals surface area contributed by atoms with Crippen LogP contribution in [0.5, 0.6) is 5.75 Å². The Labute approximate surface area is 151 Å². The summed E-state index contributed by atoms with van der Waals surface area (Å²) in [6, 6.07) is 9.43. The highest BCUT2D eigenvalue weighted by molar-refractivity contribution is 6.06. The van der Waals surface area contributed by atoms with Gasteiger partial charge >= 0.3 is 0 Å². The van der Waals surface area contributed by atoms with Crippen LogP contribution in [0.3, 0.4) is 0 Å². The van der Waals surface area contributed by atoms with Crippen molar-refractivity contribution in [3.8, 4) is 5.75 Å². The van der Waals surface area contributed by atoms with Gasteiger partial charge in [-0.3, -0.25) is 4.79 Å². The summed E-state index contributed by atoms with van der Waals surface area (Å²) >= 11 is 0. The van der Waals surface area contributed by atoms with Crippen molar-refractivity contribution in [1.29, 1.82) is 0 Å². The van der Waals surface area contributed by atoms with Crippen LogP contribution in [0.2, 0.25) is 0 Å². The standard InChI is InChI=1S/C20H21N3O3/c1-11(13-6-8-15(25-3)9-7-13)21-19(24)16-10-17(14-4-5-14)22-20-18(16)12(2)23-26-20/h6-11,14H,4-5H2,1-3H3,(H,21,24)/t11-/m1/s1. The first kappa shape index (κ1) is 16.6. The smallest absolute Gasteiger partial charge is 0.259 e. The van der Waals surface area contributed by atoms with Gasteiger partial charge in [0.1, 0.15) is 5.75 Å². The van der Waals surface area contributed by atoms with E-state index < -0.39 is 0 Å². The number of methoxy groups -OCH3 is 1. The minimum atomic E-state index is -0.145. The zero-order valence-corrected chi connectivity index (χ0v) is 15.1. The van der Waals surface area contributed by atoms with Crippen molar-refractivity contribution in [2.45, 2.75) is 38.6 Å². The number of ether oxygens (including phenoxy) is 1. The molecule has 6 nitrogen and oxygen atoms in total. The third kappa shape index (κ3) is 3.03. The molecular formula is C20H21N3O3. The Kier molecular flexibility index (Phi) is 4.11. The van der Waals surface area contributed by atoms with Gasteiger partial charge in [0, 0.05) is 11.6 Å². The molecule has 0 bridgehead atoms. The van der Waals surface area contributed by atoms with Crippen molar-refractivity contribution in [1.82, 2.24) is 15.5 Å². The summed E-state index contributed by atoms with van der Waals surface area (Å²) in [5, 5.41) is 7.74. The molecule has 1 atom stereocenters. The molecule has 1 aliphatic rings. The molecule has 2 aromatic heterocycles. The molecule has 134 valence electrons. The Morgan fingerprint density at radius 3 is 2.69 bits per heavy atom. The molecule has 0 aliphatic heterocycles. The van der Waals surface area contributed by atoms with E-state index >= 15 is 0 Å². The average Bonchev–Trinajstić information content (AvgIpc) is 3.44. The fourth-order valence-corrected chi connectivity index (χ4v) is 3.13.